The molecule has 2 aromatic carbocycles. The van der Waals surface area contributed by atoms with Gasteiger partial charge in [0.2, 0.25) is 0 Å². The maximum absolute atomic E-state index is 13.5. The molecule has 1 aliphatic rings. The zero-order valence-corrected chi connectivity index (χ0v) is 18.9. The zero-order chi connectivity index (χ0) is 23.8. The highest BCUT2D eigenvalue weighted by Crippen LogP contribution is 2.32. The van der Waals surface area contributed by atoms with Crippen molar-refractivity contribution in [2.24, 2.45) is 10.7 Å². The largest absolute Gasteiger partial charge is 0.416 e. The molecule has 0 unspecified atom stereocenters. The summed E-state index contributed by atoms with van der Waals surface area (Å²) in [6.45, 7) is 6.98. The lowest BCUT2D eigenvalue weighted by molar-refractivity contribution is -0.138. The van der Waals surface area contributed by atoms with E-state index in [2.05, 4.69) is 29.1 Å². The van der Waals surface area contributed by atoms with Gasteiger partial charge in [-0.3, -0.25) is 4.99 Å². The van der Waals surface area contributed by atoms with E-state index in [1.165, 1.54) is 12.1 Å². The predicted molar refractivity (Wildman–Crippen MR) is 130 cm³/mol. The van der Waals surface area contributed by atoms with Gasteiger partial charge in [-0.15, -0.1) is 0 Å². The van der Waals surface area contributed by atoms with Crippen molar-refractivity contribution in [2.75, 3.05) is 11.9 Å². The van der Waals surface area contributed by atoms with Crippen LogP contribution in [0.3, 0.4) is 0 Å². The fourth-order valence-electron chi connectivity index (χ4n) is 3.88. The Balaban J connectivity index is 1.94. The molecular formula is C26H31F3N4. The third-order valence-electron chi connectivity index (χ3n) is 5.61. The number of anilines is 1. The van der Waals surface area contributed by atoms with E-state index < -0.39 is 11.7 Å². The van der Waals surface area contributed by atoms with E-state index in [4.69, 9.17) is 5.73 Å². The van der Waals surface area contributed by atoms with Gasteiger partial charge in [0.15, 0.2) is 0 Å². The van der Waals surface area contributed by atoms with Crippen LogP contribution in [0.2, 0.25) is 0 Å². The molecule has 0 saturated carbocycles. The Morgan fingerprint density at radius 1 is 1.06 bits per heavy atom. The van der Waals surface area contributed by atoms with Gasteiger partial charge in [-0.2, -0.15) is 13.2 Å². The van der Waals surface area contributed by atoms with Crippen LogP contribution >= 0.6 is 0 Å². The minimum Gasteiger partial charge on any atom is -0.402 e. The van der Waals surface area contributed by atoms with Crippen molar-refractivity contribution in [1.29, 1.82) is 0 Å². The second kappa shape index (κ2) is 11.1. The molecule has 0 saturated heterocycles. The maximum atomic E-state index is 13.5. The molecule has 176 valence electrons. The number of nitrogens with one attached hydrogen (secondary N) is 2. The number of hydrogen-bond donors (Lipinski definition) is 3. The van der Waals surface area contributed by atoms with E-state index in [1.54, 1.807) is 6.07 Å². The number of amidine groups is 1. The monoisotopic (exact) mass is 456 g/mol. The average Bonchev–Trinajstić information content (AvgIpc) is 2.80. The van der Waals surface area contributed by atoms with Crippen molar-refractivity contribution in [1.82, 2.24) is 5.32 Å². The lowest BCUT2D eigenvalue weighted by Crippen LogP contribution is -2.28. The highest BCUT2D eigenvalue weighted by atomic mass is 19.4. The number of para-hydroxylation sites is 1. The number of allylic oxidation sites excluding steroid dienone is 1. The molecule has 4 nitrogen and oxygen atoms in total. The summed E-state index contributed by atoms with van der Waals surface area (Å²) in [7, 11) is 0. The Bertz CT molecular complexity index is 1040. The van der Waals surface area contributed by atoms with E-state index in [9.17, 15) is 13.2 Å². The quantitative estimate of drug-likeness (QED) is 0.315. The minimum atomic E-state index is -4.43. The van der Waals surface area contributed by atoms with Gasteiger partial charge in [0, 0.05) is 34.8 Å². The molecule has 1 aliphatic carbocycles. The molecule has 0 fully saturated rings. The Morgan fingerprint density at radius 2 is 1.76 bits per heavy atom. The van der Waals surface area contributed by atoms with Gasteiger partial charge < -0.3 is 16.4 Å². The molecule has 7 heteroatoms. The molecule has 0 aromatic heterocycles. The first-order valence-electron chi connectivity index (χ1n) is 11.3. The van der Waals surface area contributed by atoms with Crippen LogP contribution in [-0.2, 0) is 12.7 Å². The molecule has 0 heterocycles. The van der Waals surface area contributed by atoms with Crippen LogP contribution in [0.25, 0.3) is 5.70 Å². The lowest BCUT2D eigenvalue weighted by Gasteiger charge is -2.22. The van der Waals surface area contributed by atoms with E-state index in [0.29, 0.717) is 11.5 Å². The van der Waals surface area contributed by atoms with Crippen molar-refractivity contribution in [3.63, 3.8) is 0 Å². The molecule has 0 spiro atoms. The van der Waals surface area contributed by atoms with E-state index in [-0.39, 0.29) is 12.1 Å². The summed E-state index contributed by atoms with van der Waals surface area (Å²) < 4.78 is 40.4. The molecule has 4 N–H and O–H groups in total. The molecule has 0 aliphatic heterocycles. The van der Waals surface area contributed by atoms with Gasteiger partial charge in [-0.25, -0.2) is 0 Å². The Labute approximate surface area is 193 Å². The third-order valence-corrected chi connectivity index (χ3v) is 5.61. The molecule has 0 atom stereocenters. The van der Waals surface area contributed by atoms with Crippen molar-refractivity contribution in [3.05, 3.63) is 83.1 Å². The number of halogens is 3. The van der Waals surface area contributed by atoms with Crippen LogP contribution in [0.1, 0.15) is 55.7 Å². The molecule has 33 heavy (non-hydrogen) atoms. The third kappa shape index (κ3) is 6.40. The standard InChI is InChI=1S/C26H31F3N4/c1-3-16-31-24-15-9-6-11-20(24)18(2)33-25(21-12-5-8-14-23(21)30)32-17-19-10-4-7-13-22(19)26(27,28)29/h4,6-7,9-11,13,15,31H,2-3,5,8,12,14,16-17,30H2,1H3,(H,32,33). The van der Waals surface area contributed by atoms with E-state index in [0.717, 1.165) is 67.2 Å². The van der Waals surface area contributed by atoms with Crippen LogP contribution in [0, 0.1) is 0 Å². The zero-order valence-electron chi connectivity index (χ0n) is 18.9. The number of nitrogens with two attached hydrogens (primary N) is 1. The molecule has 0 bridgehead atoms. The van der Waals surface area contributed by atoms with Crippen LogP contribution in [-0.4, -0.2) is 12.4 Å². The van der Waals surface area contributed by atoms with Gasteiger partial charge in [0.25, 0.3) is 0 Å². The SMILES string of the molecule is C=C(NC(=NCc1ccccc1C(F)(F)F)C1=C(N)CCCC1)c1ccccc1NCCC. The maximum Gasteiger partial charge on any atom is 0.416 e. The summed E-state index contributed by atoms with van der Waals surface area (Å²) in [4.78, 5) is 4.59. The minimum absolute atomic E-state index is 0.113. The number of nitrogens with zero attached hydrogens (tertiary/aromatic N) is 1. The molecule has 3 rings (SSSR count). The van der Waals surface area contributed by atoms with Crippen molar-refractivity contribution < 1.29 is 13.2 Å². The number of benzene rings is 2. The average molecular weight is 457 g/mol. The summed E-state index contributed by atoms with van der Waals surface area (Å²) in [5, 5.41) is 6.66. The summed E-state index contributed by atoms with van der Waals surface area (Å²) in [6, 6.07) is 13.3. The van der Waals surface area contributed by atoms with Gasteiger partial charge in [-0.05, 0) is 49.8 Å². The second-order valence-corrected chi connectivity index (χ2v) is 8.11. The summed E-state index contributed by atoms with van der Waals surface area (Å²) >= 11 is 0. The molecule has 0 amide bonds. The van der Waals surface area contributed by atoms with Crippen molar-refractivity contribution in [2.45, 2.75) is 51.7 Å². The fourth-order valence-corrected chi connectivity index (χ4v) is 3.88. The van der Waals surface area contributed by atoms with Gasteiger partial charge in [0.1, 0.15) is 5.84 Å². The fraction of sp³-hybridized carbons (Fsp3) is 0.346. The van der Waals surface area contributed by atoms with Crippen molar-refractivity contribution >= 4 is 17.2 Å². The topological polar surface area (TPSA) is 62.4 Å². The highest BCUT2D eigenvalue weighted by molar-refractivity contribution is 6.04. The highest BCUT2D eigenvalue weighted by Gasteiger charge is 2.32. The number of aliphatic imine (C=N–C) groups is 1. The molecule has 2 aromatic rings. The lowest BCUT2D eigenvalue weighted by atomic mass is 9.95. The van der Waals surface area contributed by atoms with Gasteiger partial charge in [0.05, 0.1) is 12.1 Å². The number of rotatable bonds is 8. The Morgan fingerprint density at radius 3 is 2.48 bits per heavy atom. The number of alkyl halides is 3. The van der Waals surface area contributed by atoms with Crippen LogP contribution in [0.5, 0.6) is 0 Å². The Hall–Kier alpha value is -3.22. The Kier molecular flexibility index (Phi) is 8.20. The summed E-state index contributed by atoms with van der Waals surface area (Å²) in [5.74, 6) is 0.486. The van der Waals surface area contributed by atoms with Crippen LogP contribution in [0.15, 0.2) is 71.4 Å². The van der Waals surface area contributed by atoms with E-state index in [1.807, 2.05) is 24.3 Å². The normalized spacial score (nSPS) is 14.8. The van der Waals surface area contributed by atoms with Crippen LogP contribution < -0.4 is 16.4 Å². The first-order valence-corrected chi connectivity index (χ1v) is 11.3. The van der Waals surface area contributed by atoms with Gasteiger partial charge >= 0.3 is 6.18 Å². The predicted octanol–water partition coefficient (Wildman–Crippen LogP) is 6.47. The van der Waals surface area contributed by atoms with Crippen molar-refractivity contribution in [3.8, 4) is 0 Å². The number of hydrogen-bond acceptors (Lipinski definition) is 3. The second-order valence-electron chi connectivity index (χ2n) is 8.11. The summed E-state index contributed by atoms with van der Waals surface area (Å²) in [6.07, 6.45) is -0.0432. The first kappa shape index (κ1) is 24.4. The van der Waals surface area contributed by atoms with Gasteiger partial charge in [-0.1, -0.05) is 49.9 Å². The summed E-state index contributed by atoms with van der Waals surface area (Å²) in [5.41, 5.74) is 9.74. The smallest absolute Gasteiger partial charge is 0.402 e. The molecule has 0 radical (unpaired) electrons. The van der Waals surface area contributed by atoms with Crippen LogP contribution in [0.4, 0.5) is 18.9 Å². The molecular weight excluding hydrogens is 425 g/mol. The first-order chi connectivity index (χ1) is 15.8. The van der Waals surface area contributed by atoms with E-state index >= 15 is 0 Å².